The van der Waals surface area contributed by atoms with Gasteiger partial charge < -0.3 is 5.11 Å². The first kappa shape index (κ1) is 17.0. The van der Waals surface area contributed by atoms with Gasteiger partial charge in [0, 0.05) is 28.9 Å². The molecule has 4 nitrogen and oxygen atoms in total. The standard InChI is InChI=1S/C17H24ClN3O/c1-12-16(14(3)21(19-12)9-10-22)11-20(4)13(2)15-7-5-6-8-17(15)18/h5-8,13,22H,9-11H2,1-4H3. The smallest absolute Gasteiger partial charge is 0.0644 e. The van der Waals surface area contributed by atoms with Gasteiger partial charge in [0.2, 0.25) is 0 Å². The summed E-state index contributed by atoms with van der Waals surface area (Å²) in [5, 5.41) is 14.4. The molecule has 0 aliphatic carbocycles. The van der Waals surface area contributed by atoms with E-state index in [0.717, 1.165) is 28.5 Å². The molecule has 1 N–H and O–H groups in total. The van der Waals surface area contributed by atoms with Crippen LogP contribution in [0.5, 0.6) is 0 Å². The lowest BCUT2D eigenvalue weighted by molar-refractivity contribution is 0.251. The minimum atomic E-state index is 0.104. The van der Waals surface area contributed by atoms with Crippen molar-refractivity contribution in [1.29, 1.82) is 0 Å². The van der Waals surface area contributed by atoms with Gasteiger partial charge >= 0.3 is 0 Å². The molecule has 5 heteroatoms. The van der Waals surface area contributed by atoms with E-state index in [4.69, 9.17) is 16.7 Å². The van der Waals surface area contributed by atoms with Crippen molar-refractivity contribution in [2.75, 3.05) is 13.7 Å². The number of aromatic nitrogens is 2. The molecule has 1 aromatic carbocycles. The van der Waals surface area contributed by atoms with Gasteiger partial charge in [0.15, 0.2) is 0 Å². The highest BCUT2D eigenvalue weighted by molar-refractivity contribution is 6.31. The number of aliphatic hydroxyl groups excluding tert-OH is 1. The van der Waals surface area contributed by atoms with Crippen LogP contribution in [0.4, 0.5) is 0 Å². The van der Waals surface area contributed by atoms with Crippen LogP contribution < -0.4 is 0 Å². The minimum Gasteiger partial charge on any atom is -0.394 e. The lowest BCUT2D eigenvalue weighted by atomic mass is 10.1. The van der Waals surface area contributed by atoms with E-state index in [1.807, 2.05) is 29.8 Å². The fraction of sp³-hybridized carbons (Fsp3) is 0.471. The van der Waals surface area contributed by atoms with Crippen LogP contribution in [-0.4, -0.2) is 33.4 Å². The molecule has 2 rings (SSSR count). The first-order valence-electron chi connectivity index (χ1n) is 7.54. The Kier molecular flexibility index (Phi) is 5.62. The monoisotopic (exact) mass is 321 g/mol. The van der Waals surface area contributed by atoms with Gasteiger partial charge in [-0.15, -0.1) is 0 Å². The lowest BCUT2D eigenvalue weighted by Crippen LogP contribution is -2.23. The number of halogens is 1. The summed E-state index contributed by atoms with van der Waals surface area (Å²) >= 11 is 6.30. The second-order valence-corrected chi connectivity index (χ2v) is 6.12. The van der Waals surface area contributed by atoms with E-state index in [-0.39, 0.29) is 12.6 Å². The van der Waals surface area contributed by atoms with Crippen LogP contribution in [0, 0.1) is 13.8 Å². The Labute approximate surface area is 137 Å². The van der Waals surface area contributed by atoms with Gasteiger partial charge in [0.05, 0.1) is 18.8 Å². The Morgan fingerprint density at radius 2 is 2.00 bits per heavy atom. The number of aryl methyl sites for hydroxylation is 1. The van der Waals surface area contributed by atoms with E-state index >= 15 is 0 Å². The van der Waals surface area contributed by atoms with Crippen molar-refractivity contribution in [2.45, 2.75) is 39.9 Å². The van der Waals surface area contributed by atoms with Crippen LogP contribution in [-0.2, 0) is 13.1 Å². The maximum Gasteiger partial charge on any atom is 0.0644 e. The molecule has 0 radical (unpaired) electrons. The van der Waals surface area contributed by atoms with E-state index < -0.39 is 0 Å². The molecule has 1 unspecified atom stereocenters. The van der Waals surface area contributed by atoms with E-state index in [1.165, 1.54) is 5.56 Å². The minimum absolute atomic E-state index is 0.104. The van der Waals surface area contributed by atoms with E-state index in [2.05, 4.69) is 37.0 Å². The Morgan fingerprint density at radius 1 is 1.32 bits per heavy atom. The average molecular weight is 322 g/mol. The highest BCUT2D eigenvalue weighted by atomic mass is 35.5. The molecule has 2 aromatic rings. The summed E-state index contributed by atoms with van der Waals surface area (Å²) in [6, 6.07) is 8.18. The molecular formula is C17H24ClN3O. The fourth-order valence-electron chi connectivity index (χ4n) is 2.71. The summed E-state index contributed by atoms with van der Waals surface area (Å²) in [5.41, 5.74) is 4.48. The van der Waals surface area contributed by atoms with E-state index in [0.29, 0.717) is 6.54 Å². The van der Waals surface area contributed by atoms with E-state index in [1.54, 1.807) is 0 Å². The quantitative estimate of drug-likeness (QED) is 0.887. The number of hydrogen-bond acceptors (Lipinski definition) is 3. The highest BCUT2D eigenvalue weighted by Gasteiger charge is 2.18. The number of aliphatic hydroxyl groups is 1. The molecule has 1 atom stereocenters. The summed E-state index contributed by atoms with van der Waals surface area (Å²) in [6.07, 6.45) is 0. The number of nitrogens with zero attached hydrogens (tertiary/aromatic N) is 3. The molecule has 0 aliphatic rings. The van der Waals surface area contributed by atoms with Gasteiger partial charge in [-0.3, -0.25) is 9.58 Å². The molecule has 1 heterocycles. The second kappa shape index (κ2) is 7.27. The van der Waals surface area contributed by atoms with Gasteiger partial charge in [-0.1, -0.05) is 29.8 Å². The van der Waals surface area contributed by atoms with Gasteiger partial charge in [-0.2, -0.15) is 5.10 Å². The number of benzene rings is 1. The lowest BCUT2D eigenvalue weighted by Gasteiger charge is -2.26. The Bertz CT molecular complexity index is 639. The van der Waals surface area contributed by atoms with Crippen LogP contribution in [0.2, 0.25) is 5.02 Å². The zero-order valence-corrected chi connectivity index (χ0v) is 14.4. The molecule has 0 spiro atoms. The molecule has 0 amide bonds. The van der Waals surface area contributed by atoms with Crippen LogP contribution >= 0.6 is 11.6 Å². The van der Waals surface area contributed by atoms with Gasteiger partial charge in [0.25, 0.3) is 0 Å². The molecular weight excluding hydrogens is 298 g/mol. The molecule has 0 fully saturated rings. The molecule has 0 aliphatic heterocycles. The third-order valence-corrected chi connectivity index (χ3v) is 4.61. The summed E-state index contributed by atoms with van der Waals surface area (Å²) in [4.78, 5) is 2.27. The maximum absolute atomic E-state index is 9.11. The van der Waals surface area contributed by atoms with Crippen LogP contribution in [0.15, 0.2) is 24.3 Å². The number of hydrogen-bond donors (Lipinski definition) is 1. The van der Waals surface area contributed by atoms with Crippen molar-refractivity contribution in [3.63, 3.8) is 0 Å². The third kappa shape index (κ3) is 3.51. The second-order valence-electron chi connectivity index (χ2n) is 5.71. The Morgan fingerprint density at radius 3 is 2.64 bits per heavy atom. The van der Waals surface area contributed by atoms with Crippen molar-refractivity contribution in [3.05, 3.63) is 51.8 Å². The Hall–Kier alpha value is -1.36. The predicted octanol–water partition coefficient (Wildman–Crippen LogP) is 3.34. The number of rotatable bonds is 6. The molecule has 1 aromatic heterocycles. The van der Waals surface area contributed by atoms with Crippen LogP contribution in [0.25, 0.3) is 0 Å². The van der Waals surface area contributed by atoms with Crippen molar-refractivity contribution in [1.82, 2.24) is 14.7 Å². The molecule has 22 heavy (non-hydrogen) atoms. The van der Waals surface area contributed by atoms with Crippen molar-refractivity contribution in [2.24, 2.45) is 0 Å². The molecule has 0 saturated heterocycles. The fourth-order valence-corrected chi connectivity index (χ4v) is 3.01. The van der Waals surface area contributed by atoms with E-state index in [9.17, 15) is 0 Å². The first-order valence-corrected chi connectivity index (χ1v) is 7.92. The molecule has 120 valence electrons. The summed E-state index contributed by atoms with van der Waals surface area (Å²) in [5.74, 6) is 0. The zero-order chi connectivity index (χ0) is 16.3. The summed E-state index contributed by atoms with van der Waals surface area (Å²) < 4.78 is 1.87. The van der Waals surface area contributed by atoms with Gasteiger partial charge in [-0.05, 0) is 39.4 Å². The average Bonchev–Trinajstić information content (AvgIpc) is 2.75. The third-order valence-electron chi connectivity index (χ3n) is 4.27. The molecule has 0 saturated carbocycles. The van der Waals surface area contributed by atoms with Crippen molar-refractivity contribution < 1.29 is 5.11 Å². The van der Waals surface area contributed by atoms with Crippen molar-refractivity contribution >= 4 is 11.6 Å². The predicted molar refractivity (Wildman–Crippen MR) is 90.1 cm³/mol. The summed E-state index contributed by atoms with van der Waals surface area (Å²) in [7, 11) is 2.09. The largest absolute Gasteiger partial charge is 0.394 e. The Balaban J connectivity index is 2.18. The zero-order valence-electron chi connectivity index (χ0n) is 13.7. The topological polar surface area (TPSA) is 41.3 Å². The molecule has 0 bridgehead atoms. The maximum atomic E-state index is 9.11. The highest BCUT2D eigenvalue weighted by Crippen LogP contribution is 2.28. The van der Waals surface area contributed by atoms with Crippen LogP contribution in [0.3, 0.4) is 0 Å². The normalized spacial score (nSPS) is 12.9. The first-order chi connectivity index (χ1) is 10.5. The van der Waals surface area contributed by atoms with Crippen molar-refractivity contribution in [3.8, 4) is 0 Å². The van der Waals surface area contributed by atoms with Crippen LogP contribution in [0.1, 0.15) is 35.5 Å². The SMILES string of the molecule is Cc1nn(CCO)c(C)c1CN(C)C(C)c1ccccc1Cl. The van der Waals surface area contributed by atoms with Gasteiger partial charge in [0.1, 0.15) is 0 Å². The summed E-state index contributed by atoms with van der Waals surface area (Å²) in [6.45, 7) is 7.67. The van der Waals surface area contributed by atoms with Gasteiger partial charge in [-0.25, -0.2) is 0 Å².